The number of carbonyl (C=O) groups is 3. The number of anilines is 1. The van der Waals surface area contributed by atoms with Crippen LogP contribution in [-0.2, 0) is 14.4 Å². The van der Waals surface area contributed by atoms with Gasteiger partial charge in [-0.2, -0.15) is 0 Å². The Bertz CT molecular complexity index is 536. The lowest BCUT2D eigenvalue weighted by atomic mass is 10.0. The molecule has 0 fully saturated rings. The van der Waals surface area contributed by atoms with Gasteiger partial charge in [0.2, 0.25) is 5.91 Å². The highest BCUT2D eigenvalue weighted by Gasteiger charge is 2.14. The Morgan fingerprint density at radius 3 is 2.14 bits per heavy atom. The smallest absolute Gasteiger partial charge is 0.313 e. The van der Waals surface area contributed by atoms with E-state index >= 15 is 0 Å². The van der Waals surface area contributed by atoms with Crippen LogP contribution in [0.1, 0.15) is 31.7 Å². The molecule has 1 aromatic carbocycles. The van der Waals surface area contributed by atoms with Gasteiger partial charge in [-0.25, -0.2) is 0 Å². The van der Waals surface area contributed by atoms with Gasteiger partial charge in [-0.05, 0) is 23.6 Å². The maximum Gasteiger partial charge on any atom is 0.313 e. The molecular weight excluding hydrogens is 282 g/mol. The fraction of sp³-hybridized carbons (Fsp3) is 0.438. The summed E-state index contributed by atoms with van der Waals surface area (Å²) in [7, 11) is 3.27. The lowest BCUT2D eigenvalue weighted by Crippen LogP contribution is -2.37. The summed E-state index contributed by atoms with van der Waals surface area (Å²) in [4.78, 5) is 36.1. The Morgan fingerprint density at radius 1 is 1.05 bits per heavy atom. The van der Waals surface area contributed by atoms with Crippen LogP contribution in [0.15, 0.2) is 24.3 Å². The quantitative estimate of drug-likeness (QED) is 0.806. The summed E-state index contributed by atoms with van der Waals surface area (Å²) in [6, 6.07) is 7.34. The summed E-state index contributed by atoms with van der Waals surface area (Å²) in [5.41, 5.74) is 1.72. The number of benzene rings is 1. The number of nitrogens with one attached hydrogen (secondary N) is 2. The Kier molecular flexibility index (Phi) is 6.56. The van der Waals surface area contributed by atoms with Crippen molar-refractivity contribution in [2.75, 3.05) is 26.0 Å². The second-order valence-corrected chi connectivity index (χ2v) is 5.52. The van der Waals surface area contributed by atoms with Gasteiger partial charge < -0.3 is 15.5 Å². The third-order valence-electron chi connectivity index (χ3n) is 3.16. The summed E-state index contributed by atoms with van der Waals surface area (Å²) in [6.45, 7) is 4.29. The topological polar surface area (TPSA) is 78.5 Å². The van der Waals surface area contributed by atoms with Gasteiger partial charge in [0.15, 0.2) is 0 Å². The van der Waals surface area contributed by atoms with E-state index < -0.39 is 11.8 Å². The molecule has 6 heteroatoms. The van der Waals surface area contributed by atoms with Gasteiger partial charge in [0.1, 0.15) is 0 Å². The Hall–Kier alpha value is -2.37. The molecule has 0 aromatic heterocycles. The molecule has 0 heterocycles. The summed E-state index contributed by atoms with van der Waals surface area (Å²) in [5.74, 6) is -1.19. The van der Waals surface area contributed by atoms with Crippen molar-refractivity contribution in [2.24, 2.45) is 0 Å². The molecule has 0 saturated carbocycles. The van der Waals surface area contributed by atoms with E-state index in [1.807, 2.05) is 12.1 Å². The minimum absolute atomic E-state index is 0.106. The molecule has 3 amide bonds. The number of rotatable bonds is 5. The molecule has 1 rings (SSSR count). The molecule has 0 unspecified atom stereocenters. The number of hydrogen-bond acceptors (Lipinski definition) is 3. The Morgan fingerprint density at radius 2 is 1.64 bits per heavy atom. The van der Waals surface area contributed by atoms with Crippen molar-refractivity contribution in [3.63, 3.8) is 0 Å². The molecule has 0 aliphatic carbocycles. The van der Waals surface area contributed by atoms with E-state index in [1.165, 1.54) is 4.90 Å². The van der Waals surface area contributed by atoms with Crippen molar-refractivity contribution in [3.8, 4) is 0 Å². The lowest BCUT2D eigenvalue weighted by Gasteiger charge is -2.11. The zero-order valence-corrected chi connectivity index (χ0v) is 13.5. The molecule has 2 N–H and O–H groups in total. The summed E-state index contributed by atoms with van der Waals surface area (Å²) in [6.07, 6.45) is 0.162. The second kappa shape index (κ2) is 8.17. The van der Waals surface area contributed by atoms with E-state index in [2.05, 4.69) is 24.5 Å². The zero-order valence-electron chi connectivity index (χ0n) is 13.5. The van der Waals surface area contributed by atoms with Gasteiger partial charge in [0.05, 0.1) is 0 Å². The summed E-state index contributed by atoms with van der Waals surface area (Å²) in [5, 5.41) is 4.94. The van der Waals surface area contributed by atoms with Crippen molar-refractivity contribution in [3.05, 3.63) is 29.8 Å². The van der Waals surface area contributed by atoms with Gasteiger partial charge in [-0.3, -0.25) is 14.4 Å². The van der Waals surface area contributed by atoms with Crippen molar-refractivity contribution < 1.29 is 14.4 Å². The molecule has 0 atom stereocenters. The number of carbonyl (C=O) groups excluding carboxylic acids is 3. The summed E-state index contributed by atoms with van der Waals surface area (Å²) < 4.78 is 0. The van der Waals surface area contributed by atoms with Crippen LogP contribution >= 0.6 is 0 Å². The van der Waals surface area contributed by atoms with Crippen molar-refractivity contribution in [1.82, 2.24) is 10.2 Å². The SMILES string of the molecule is CC(C)c1ccc(NC(=O)C(=O)NCCC(=O)N(C)C)cc1. The maximum atomic E-state index is 11.7. The van der Waals surface area contributed by atoms with Gasteiger partial charge in [-0.1, -0.05) is 26.0 Å². The molecule has 0 saturated heterocycles. The van der Waals surface area contributed by atoms with Crippen LogP contribution in [0.5, 0.6) is 0 Å². The van der Waals surface area contributed by atoms with Crippen LogP contribution in [0.3, 0.4) is 0 Å². The first kappa shape index (κ1) is 17.7. The van der Waals surface area contributed by atoms with Crippen LogP contribution < -0.4 is 10.6 Å². The molecule has 0 spiro atoms. The highest BCUT2D eigenvalue weighted by molar-refractivity contribution is 6.39. The molecule has 0 radical (unpaired) electrons. The average Bonchev–Trinajstić information content (AvgIpc) is 2.47. The van der Waals surface area contributed by atoms with E-state index in [-0.39, 0.29) is 18.9 Å². The molecule has 6 nitrogen and oxygen atoms in total. The van der Waals surface area contributed by atoms with Gasteiger partial charge in [0, 0.05) is 32.7 Å². The fourth-order valence-corrected chi connectivity index (χ4v) is 1.73. The molecule has 0 aliphatic heterocycles. The second-order valence-electron chi connectivity index (χ2n) is 5.52. The van der Waals surface area contributed by atoms with E-state index in [0.29, 0.717) is 11.6 Å². The third-order valence-corrected chi connectivity index (χ3v) is 3.16. The molecule has 1 aromatic rings. The van der Waals surface area contributed by atoms with Gasteiger partial charge in [0.25, 0.3) is 0 Å². The van der Waals surface area contributed by atoms with Gasteiger partial charge >= 0.3 is 11.8 Å². The van der Waals surface area contributed by atoms with E-state index in [9.17, 15) is 14.4 Å². The van der Waals surface area contributed by atoms with Crippen LogP contribution in [0.25, 0.3) is 0 Å². The Labute approximate surface area is 130 Å². The standard InChI is InChI=1S/C16H23N3O3/c1-11(2)12-5-7-13(8-6-12)18-16(22)15(21)17-10-9-14(20)19(3)4/h5-8,11H,9-10H2,1-4H3,(H,17,21)(H,18,22). The molecular formula is C16H23N3O3. The minimum atomic E-state index is -0.750. The van der Waals surface area contributed by atoms with E-state index in [1.54, 1.807) is 26.2 Å². The minimum Gasteiger partial charge on any atom is -0.349 e. The average molecular weight is 305 g/mol. The van der Waals surface area contributed by atoms with Gasteiger partial charge in [-0.15, -0.1) is 0 Å². The number of nitrogens with zero attached hydrogens (tertiary/aromatic N) is 1. The van der Waals surface area contributed by atoms with Crippen molar-refractivity contribution in [2.45, 2.75) is 26.2 Å². The highest BCUT2D eigenvalue weighted by Crippen LogP contribution is 2.16. The highest BCUT2D eigenvalue weighted by atomic mass is 16.2. The first-order chi connectivity index (χ1) is 10.3. The molecule has 120 valence electrons. The normalized spacial score (nSPS) is 10.2. The van der Waals surface area contributed by atoms with Crippen LogP contribution in [-0.4, -0.2) is 43.3 Å². The monoisotopic (exact) mass is 305 g/mol. The first-order valence-electron chi connectivity index (χ1n) is 7.20. The summed E-state index contributed by atoms with van der Waals surface area (Å²) >= 11 is 0. The molecule has 22 heavy (non-hydrogen) atoms. The Balaban J connectivity index is 2.44. The predicted octanol–water partition coefficient (Wildman–Crippen LogP) is 1.34. The first-order valence-corrected chi connectivity index (χ1v) is 7.20. The molecule has 0 aliphatic rings. The van der Waals surface area contributed by atoms with Crippen molar-refractivity contribution in [1.29, 1.82) is 0 Å². The third kappa shape index (κ3) is 5.55. The predicted molar refractivity (Wildman–Crippen MR) is 85.5 cm³/mol. The largest absolute Gasteiger partial charge is 0.349 e. The van der Waals surface area contributed by atoms with E-state index in [0.717, 1.165) is 5.56 Å². The molecule has 0 bridgehead atoms. The van der Waals surface area contributed by atoms with Crippen molar-refractivity contribution >= 4 is 23.4 Å². The number of amides is 3. The lowest BCUT2D eigenvalue weighted by molar-refractivity contribution is -0.136. The fourth-order valence-electron chi connectivity index (χ4n) is 1.73. The number of hydrogen-bond donors (Lipinski definition) is 2. The maximum absolute atomic E-state index is 11.7. The van der Waals surface area contributed by atoms with Crippen LogP contribution in [0, 0.1) is 0 Å². The van der Waals surface area contributed by atoms with E-state index in [4.69, 9.17) is 0 Å². The van der Waals surface area contributed by atoms with Crippen LogP contribution in [0.2, 0.25) is 0 Å². The van der Waals surface area contributed by atoms with Crippen LogP contribution in [0.4, 0.5) is 5.69 Å². The zero-order chi connectivity index (χ0) is 16.7.